The van der Waals surface area contributed by atoms with Gasteiger partial charge in [-0.25, -0.2) is 0 Å². The summed E-state index contributed by atoms with van der Waals surface area (Å²) in [6.45, 7) is 3.38. The minimum atomic E-state index is -1.35. The van der Waals surface area contributed by atoms with Gasteiger partial charge in [0.15, 0.2) is 6.10 Å². The lowest BCUT2D eigenvalue weighted by Gasteiger charge is -2.47. The van der Waals surface area contributed by atoms with E-state index < -0.39 is 60.9 Å². The smallest absolute Gasteiger partial charge is 0.303 e. The number of carbonyl (C=O) groups is 1. The lowest BCUT2D eigenvalue weighted by atomic mass is 9.88. The summed E-state index contributed by atoms with van der Waals surface area (Å²) >= 11 is 0. The number of carbonyl (C=O) groups excluding carboxylic acids is 1. The Hall–Kier alpha value is -5.57. The number of epoxide rings is 1. The molecule has 0 bridgehead atoms. The highest BCUT2D eigenvalue weighted by Crippen LogP contribution is 2.35. The number of aliphatic hydroxyl groups excluding tert-OH is 1. The summed E-state index contributed by atoms with van der Waals surface area (Å²) in [5.74, 6) is -0.590. The molecule has 356 valence electrons. The first-order valence-corrected chi connectivity index (χ1v) is 23.5. The topological polar surface area (TPSA) is 124 Å². The molecule has 8 rings (SSSR count). The molecule has 2 heterocycles. The zero-order valence-electron chi connectivity index (χ0n) is 38.5. The quantitative estimate of drug-likeness (QED) is 0.0414. The molecule has 11 heteroatoms. The van der Waals surface area contributed by atoms with E-state index in [1.54, 1.807) is 0 Å². The second-order valence-corrected chi connectivity index (χ2v) is 17.3. The van der Waals surface area contributed by atoms with Gasteiger partial charge in [0, 0.05) is 13.3 Å². The molecule has 2 aliphatic rings. The maximum absolute atomic E-state index is 13.2. The molecular weight excluding hydrogens is 861 g/mol. The van der Waals surface area contributed by atoms with Crippen LogP contribution in [0, 0.1) is 0 Å². The second-order valence-electron chi connectivity index (χ2n) is 17.3. The molecule has 11 nitrogen and oxygen atoms in total. The molecule has 68 heavy (non-hydrogen) atoms. The molecule has 0 amide bonds. The van der Waals surface area contributed by atoms with Gasteiger partial charge in [0.05, 0.1) is 65.1 Å². The number of ether oxygens (including phenoxy) is 9. The van der Waals surface area contributed by atoms with Crippen LogP contribution in [0.3, 0.4) is 0 Å². The van der Waals surface area contributed by atoms with Crippen molar-refractivity contribution < 1.29 is 52.5 Å². The highest BCUT2D eigenvalue weighted by molar-refractivity contribution is 5.66. The normalized spacial score (nSPS) is 21.9. The third kappa shape index (κ3) is 14.7. The van der Waals surface area contributed by atoms with Gasteiger partial charge >= 0.3 is 5.97 Å². The van der Waals surface area contributed by atoms with E-state index in [1.807, 2.05) is 182 Å². The number of hydrogen-bond donors (Lipinski definition) is 1. The summed E-state index contributed by atoms with van der Waals surface area (Å²) < 4.78 is 59.7. The van der Waals surface area contributed by atoms with E-state index >= 15 is 0 Å². The molecule has 0 unspecified atom stereocenters. The largest absolute Gasteiger partial charge is 0.457 e. The van der Waals surface area contributed by atoms with Crippen LogP contribution in [0.2, 0.25) is 0 Å². The fourth-order valence-corrected chi connectivity index (χ4v) is 8.57. The molecule has 0 saturated carbocycles. The molecule has 0 aromatic heterocycles. The van der Waals surface area contributed by atoms with Crippen molar-refractivity contribution in [3.63, 3.8) is 0 Å². The van der Waals surface area contributed by atoms with E-state index in [4.69, 9.17) is 42.6 Å². The molecule has 2 aliphatic heterocycles. The lowest BCUT2D eigenvalue weighted by molar-refractivity contribution is -0.279. The van der Waals surface area contributed by atoms with Crippen molar-refractivity contribution in [2.24, 2.45) is 0 Å². The molecule has 0 spiro atoms. The third-order valence-corrected chi connectivity index (χ3v) is 12.1. The first kappa shape index (κ1) is 48.9. The molecule has 6 aromatic rings. The van der Waals surface area contributed by atoms with Crippen LogP contribution in [0.25, 0.3) is 0 Å². The van der Waals surface area contributed by atoms with Gasteiger partial charge in [-0.1, -0.05) is 182 Å². The number of aliphatic hydroxyl groups is 1. The lowest BCUT2D eigenvalue weighted by Crippen LogP contribution is -2.62. The summed E-state index contributed by atoms with van der Waals surface area (Å²) in [4.78, 5) is 13.2. The Kier molecular flexibility index (Phi) is 18.5. The molecule has 6 aromatic carbocycles. The Morgan fingerprint density at radius 1 is 0.515 bits per heavy atom. The first-order chi connectivity index (χ1) is 33.5. The van der Waals surface area contributed by atoms with Crippen LogP contribution in [0.4, 0.5) is 0 Å². The Labute approximate surface area is 399 Å². The molecule has 2 saturated heterocycles. The van der Waals surface area contributed by atoms with Gasteiger partial charge in [-0.15, -0.1) is 0 Å². The Morgan fingerprint density at radius 2 is 0.897 bits per heavy atom. The number of hydrogen-bond acceptors (Lipinski definition) is 11. The summed E-state index contributed by atoms with van der Waals surface area (Å²) in [6, 6.07) is 59.3. The van der Waals surface area contributed by atoms with Crippen LogP contribution in [-0.4, -0.2) is 85.3 Å². The standard InChI is InChI=1S/C57H62O11/c1-41(58)67-52(56(65-37-46-28-16-6-17-29-46)54(50-40-61-50)63-35-44-24-12-4-13-25-44)48(59)32-49-53(62-34-43-22-10-3-11-23-43)57(66-38-47-30-18-7-19-31-47)55(64-36-45-26-14-5-15-27-45)51(68-49)39-60-33-42-20-8-2-9-21-42/h2-31,48-57,59H,32-40H2,1H3/t48-,49-,50+,51-,52-,53+,54-,55-,56-,57-/m1/s1. The third-order valence-electron chi connectivity index (χ3n) is 12.1. The van der Waals surface area contributed by atoms with Gasteiger partial charge < -0.3 is 47.7 Å². The van der Waals surface area contributed by atoms with Gasteiger partial charge in [-0.3, -0.25) is 4.79 Å². The van der Waals surface area contributed by atoms with Crippen LogP contribution in [0.15, 0.2) is 182 Å². The zero-order valence-corrected chi connectivity index (χ0v) is 38.5. The van der Waals surface area contributed by atoms with E-state index in [9.17, 15) is 9.90 Å². The van der Waals surface area contributed by atoms with Gasteiger partial charge in [0.1, 0.15) is 42.7 Å². The summed E-state index contributed by atoms with van der Waals surface area (Å²) in [6.07, 6.45) is -8.37. The molecule has 0 aliphatic carbocycles. The van der Waals surface area contributed by atoms with Gasteiger partial charge in [-0.2, -0.15) is 0 Å². The number of benzene rings is 6. The van der Waals surface area contributed by atoms with E-state index in [1.165, 1.54) is 6.92 Å². The van der Waals surface area contributed by atoms with E-state index in [0.29, 0.717) is 13.2 Å². The second kappa shape index (κ2) is 25.7. The average Bonchev–Trinajstić information content (AvgIpc) is 4.23. The van der Waals surface area contributed by atoms with Crippen LogP contribution < -0.4 is 0 Å². The molecule has 10 atom stereocenters. The van der Waals surface area contributed by atoms with Crippen molar-refractivity contribution in [2.45, 2.75) is 114 Å². The Balaban J connectivity index is 1.14. The van der Waals surface area contributed by atoms with E-state index in [0.717, 1.165) is 33.4 Å². The van der Waals surface area contributed by atoms with Gasteiger partial charge in [0.25, 0.3) is 0 Å². The van der Waals surface area contributed by atoms with Crippen LogP contribution in [-0.2, 0) is 87.1 Å². The zero-order chi connectivity index (χ0) is 46.8. The minimum absolute atomic E-state index is 0.0503. The molecule has 0 radical (unpaired) electrons. The maximum Gasteiger partial charge on any atom is 0.303 e. The van der Waals surface area contributed by atoms with Crippen molar-refractivity contribution in [3.05, 3.63) is 215 Å². The predicted molar refractivity (Wildman–Crippen MR) is 256 cm³/mol. The monoisotopic (exact) mass is 922 g/mol. The van der Waals surface area contributed by atoms with Gasteiger partial charge in [-0.05, 0) is 33.4 Å². The number of rotatable bonds is 26. The molecule has 1 N–H and O–H groups in total. The fourth-order valence-electron chi connectivity index (χ4n) is 8.57. The SMILES string of the molecule is CC(=O)O[C@@H]([C@@H](OCc1ccccc1)[C@H](OCc1ccccc1)[C@@H]1CO1)[C@H](O)C[C@H]1O[C@H](COCc2ccccc2)[C@@H](OCc2ccccc2)[C@H](OCc2ccccc2)[C@H]1OCc1ccccc1. The Morgan fingerprint density at radius 3 is 1.32 bits per heavy atom. The van der Waals surface area contributed by atoms with Crippen LogP contribution in [0.1, 0.15) is 46.7 Å². The summed E-state index contributed by atoms with van der Waals surface area (Å²) in [5.41, 5.74) is 5.74. The highest BCUT2D eigenvalue weighted by Gasteiger charge is 2.52. The maximum atomic E-state index is 13.2. The van der Waals surface area contributed by atoms with Crippen molar-refractivity contribution >= 4 is 5.97 Å². The van der Waals surface area contributed by atoms with Crippen molar-refractivity contribution in [1.29, 1.82) is 0 Å². The van der Waals surface area contributed by atoms with Crippen molar-refractivity contribution in [3.8, 4) is 0 Å². The Bertz CT molecular complexity index is 2320. The average molecular weight is 923 g/mol. The van der Waals surface area contributed by atoms with Crippen molar-refractivity contribution in [2.75, 3.05) is 13.2 Å². The van der Waals surface area contributed by atoms with Crippen LogP contribution in [0.5, 0.6) is 0 Å². The number of esters is 1. The highest BCUT2D eigenvalue weighted by atomic mass is 16.6. The van der Waals surface area contributed by atoms with Gasteiger partial charge in [0.2, 0.25) is 0 Å². The first-order valence-electron chi connectivity index (χ1n) is 23.5. The predicted octanol–water partition coefficient (Wildman–Crippen LogP) is 8.98. The summed E-state index contributed by atoms with van der Waals surface area (Å²) in [7, 11) is 0. The summed E-state index contributed by atoms with van der Waals surface area (Å²) in [5, 5.41) is 12.7. The van der Waals surface area contributed by atoms with Crippen LogP contribution >= 0.6 is 0 Å². The molecule has 2 fully saturated rings. The van der Waals surface area contributed by atoms with E-state index in [-0.39, 0.29) is 52.2 Å². The van der Waals surface area contributed by atoms with E-state index in [2.05, 4.69) is 0 Å². The minimum Gasteiger partial charge on any atom is -0.457 e. The molecular formula is C57H62O11. The van der Waals surface area contributed by atoms with Crippen molar-refractivity contribution in [1.82, 2.24) is 0 Å². The fraction of sp³-hybridized carbons (Fsp3) is 0.351.